The van der Waals surface area contributed by atoms with Crippen LogP contribution in [-0.2, 0) is 70.3 Å². The molecule has 0 aromatic heterocycles. The zero-order valence-electron chi connectivity index (χ0n) is 37.2. The summed E-state index contributed by atoms with van der Waals surface area (Å²) in [7, 11) is 0. The van der Waals surface area contributed by atoms with Crippen molar-refractivity contribution in [1.29, 1.82) is 0 Å². The summed E-state index contributed by atoms with van der Waals surface area (Å²) >= 11 is 3.90. The SMILES string of the molecule is N[C@@H](CNC(=O)C(CC(=O)C(Cc1ccccc1)NC(=O)CCNC(=O)CC[C@H](NC(=O)N[C@@H](CCC(=O)O)OC=O)C(=O)O)Cc1ccccc1)C(=O)N[C@@H](CC(=O)O)C(=O)C[C@H](CS)C(=O)O. The fourth-order valence-electron chi connectivity index (χ4n) is 6.44. The van der Waals surface area contributed by atoms with Crippen molar-refractivity contribution < 1.29 is 82.7 Å². The van der Waals surface area contributed by atoms with Crippen LogP contribution in [0.5, 0.6) is 0 Å². The number of thiol groups is 1. The molecule has 7 atom stereocenters. The number of carboxylic acids is 4. The molecule has 0 radical (unpaired) electrons. The summed E-state index contributed by atoms with van der Waals surface area (Å²) in [5, 5.41) is 51.1. The highest BCUT2D eigenvalue weighted by Crippen LogP contribution is 2.17. The van der Waals surface area contributed by atoms with Gasteiger partial charge in [-0.1, -0.05) is 60.7 Å². The number of urea groups is 1. The van der Waals surface area contributed by atoms with Crippen LogP contribution in [0.2, 0.25) is 0 Å². The van der Waals surface area contributed by atoms with Gasteiger partial charge in [-0.3, -0.25) is 47.9 Å². The number of Topliss-reactive ketones (excluding diaryl/α,β-unsaturated/α-hetero) is 2. The number of carbonyl (C=O) groups is 12. The van der Waals surface area contributed by atoms with E-state index in [9.17, 15) is 72.9 Å². The molecule has 0 saturated carbocycles. The van der Waals surface area contributed by atoms with Gasteiger partial charge >= 0.3 is 29.9 Å². The van der Waals surface area contributed by atoms with Crippen molar-refractivity contribution in [2.45, 2.75) is 94.6 Å². The first kappa shape index (κ1) is 57.7. The quantitative estimate of drug-likeness (QED) is 0.0226. The van der Waals surface area contributed by atoms with E-state index >= 15 is 0 Å². The van der Waals surface area contributed by atoms with Crippen molar-refractivity contribution in [1.82, 2.24) is 31.9 Å². The molecule has 2 aromatic rings. The molecule has 0 heterocycles. The van der Waals surface area contributed by atoms with Gasteiger partial charge in [0.05, 0.1) is 30.8 Å². The van der Waals surface area contributed by atoms with Gasteiger partial charge in [-0.2, -0.15) is 12.6 Å². The van der Waals surface area contributed by atoms with Gasteiger partial charge in [0.1, 0.15) is 12.1 Å². The topological polar surface area (TPSA) is 393 Å². The van der Waals surface area contributed by atoms with Crippen molar-refractivity contribution >= 4 is 84.2 Å². The zero-order valence-corrected chi connectivity index (χ0v) is 38.1. The largest absolute Gasteiger partial charge is 0.481 e. The second kappa shape index (κ2) is 30.8. The van der Waals surface area contributed by atoms with Gasteiger partial charge in [0, 0.05) is 56.9 Å². The fraction of sp³-hybridized carbons (Fsp3) is 0.455. The van der Waals surface area contributed by atoms with Gasteiger partial charge < -0.3 is 62.8 Å². The minimum absolute atomic E-state index is 0.00133. The number of nitrogens with one attached hydrogen (secondary N) is 6. The number of carbonyl (C=O) groups excluding carboxylic acids is 8. The van der Waals surface area contributed by atoms with E-state index in [1.807, 2.05) is 0 Å². The molecule has 12 N–H and O–H groups in total. The number of hydrogen-bond donors (Lipinski definition) is 12. The third-order valence-corrected chi connectivity index (χ3v) is 10.6. The molecule has 376 valence electrons. The maximum absolute atomic E-state index is 14.1. The standard InChI is InChI=1S/C44H57N7O17S/c45-29(41(62)49-32(21-39(59)60)34(54)20-28(23-69)42(63)64)22-47-40(61)27(17-25-7-3-1-4-8-25)19-33(53)31(18-26-9-5-2-6-10-26)48-36(56)15-16-46-35(55)12-11-30(43(65)66)50-44(67)51-37(68-24-52)13-14-38(57)58/h1-10,24,27-32,37,69H,11-23,45H2,(H,46,55)(H,47,61)(H,48,56)(H,49,62)(H,57,58)(H,59,60)(H,63,64)(H,65,66)(H2,50,51,67)/t27?,28-,29+,30+,31?,32+,37-/m1/s1. The van der Waals surface area contributed by atoms with Gasteiger partial charge in [0.25, 0.3) is 6.47 Å². The van der Waals surface area contributed by atoms with E-state index in [0.717, 1.165) is 0 Å². The van der Waals surface area contributed by atoms with E-state index in [4.69, 9.17) is 10.8 Å². The lowest BCUT2D eigenvalue weighted by molar-refractivity contribution is -0.144. The van der Waals surface area contributed by atoms with E-state index in [0.29, 0.717) is 11.1 Å². The van der Waals surface area contributed by atoms with Gasteiger partial charge in [-0.05, 0) is 30.4 Å². The summed E-state index contributed by atoms with van der Waals surface area (Å²) in [6, 6.07) is 10.1. The zero-order chi connectivity index (χ0) is 51.5. The molecule has 25 heteroatoms. The third-order valence-electron chi connectivity index (χ3n) is 10.2. The molecule has 0 aliphatic heterocycles. The van der Waals surface area contributed by atoms with Crippen LogP contribution in [0, 0.1) is 11.8 Å². The molecule has 69 heavy (non-hydrogen) atoms. The highest BCUT2D eigenvalue weighted by Gasteiger charge is 2.32. The Bertz CT molecular complexity index is 2110. The van der Waals surface area contributed by atoms with Crippen LogP contribution >= 0.6 is 12.6 Å². The molecule has 0 saturated heterocycles. The average molecular weight is 988 g/mol. The highest BCUT2D eigenvalue weighted by molar-refractivity contribution is 7.80. The summed E-state index contributed by atoms with van der Waals surface area (Å²) in [6.45, 7) is -0.813. The first-order chi connectivity index (χ1) is 32.7. The van der Waals surface area contributed by atoms with Crippen LogP contribution in [0.3, 0.4) is 0 Å². The minimum atomic E-state index is -1.64. The molecule has 0 aliphatic rings. The summed E-state index contributed by atoms with van der Waals surface area (Å²) in [4.78, 5) is 148. The molecular formula is C44H57N7O17S. The Morgan fingerprint density at radius 1 is 0.594 bits per heavy atom. The van der Waals surface area contributed by atoms with Crippen molar-refractivity contribution in [2.75, 3.05) is 18.8 Å². The summed E-state index contributed by atoms with van der Waals surface area (Å²) in [5.41, 5.74) is 7.32. The molecule has 0 fully saturated rings. The van der Waals surface area contributed by atoms with Crippen molar-refractivity contribution in [2.24, 2.45) is 17.6 Å². The number of carboxylic acid groups (broad SMARTS) is 4. The van der Waals surface area contributed by atoms with E-state index in [1.54, 1.807) is 60.7 Å². The Kier molecular flexibility index (Phi) is 25.8. The Morgan fingerprint density at radius 2 is 1.19 bits per heavy atom. The minimum Gasteiger partial charge on any atom is -0.481 e. The monoisotopic (exact) mass is 987 g/mol. The molecular weight excluding hydrogens is 931 g/mol. The van der Waals surface area contributed by atoms with Crippen molar-refractivity contribution in [3.8, 4) is 0 Å². The highest BCUT2D eigenvalue weighted by atomic mass is 32.1. The Morgan fingerprint density at radius 3 is 1.74 bits per heavy atom. The van der Waals surface area contributed by atoms with E-state index in [1.165, 1.54) is 0 Å². The number of nitrogens with two attached hydrogens (primary N) is 1. The van der Waals surface area contributed by atoms with Crippen LogP contribution in [0.4, 0.5) is 4.79 Å². The molecule has 2 unspecified atom stereocenters. The fourth-order valence-corrected chi connectivity index (χ4v) is 6.73. The van der Waals surface area contributed by atoms with Crippen molar-refractivity contribution in [3.63, 3.8) is 0 Å². The number of ketones is 2. The Balaban J connectivity index is 2.11. The smallest absolute Gasteiger partial charge is 0.326 e. The maximum atomic E-state index is 14.1. The molecule has 2 rings (SSSR count). The maximum Gasteiger partial charge on any atom is 0.326 e. The van der Waals surface area contributed by atoms with Crippen LogP contribution in [0.15, 0.2) is 60.7 Å². The average Bonchev–Trinajstić information content (AvgIpc) is 3.29. The molecule has 0 bridgehead atoms. The van der Waals surface area contributed by atoms with Gasteiger partial charge in [0.2, 0.25) is 23.6 Å². The summed E-state index contributed by atoms with van der Waals surface area (Å²) < 4.78 is 4.60. The van der Waals surface area contributed by atoms with Gasteiger partial charge in [-0.15, -0.1) is 0 Å². The van der Waals surface area contributed by atoms with E-state index in [-0.39, 0.29) is 44.5 Å². The number of benzene rings is 2. The third kappa shape index (κ3) is 23.2. The summed E-state index contributed by atoms with van der Waals surface area (Å²) in [6.07, 6.45) is -5.26. The van der Waals surface area contributed by atoms with Crippen LogP contribution < -0.4 is 37.6 Å². The number of hydrogen-bond acceptors (Lipinski definition) is 15. The first-order valence-electron chi connectivity index (χ1n) is 21.4. The van der Waals surface area contributed by atoms with Gasteiger partial charge in [-0.25, -0.2) is 9.59 Å². The predicted octanol–water partition coefficient (Wildman–Crippen LogP) is -1.07. The number of aliphatic carboxylic acids is 4. The predicted molar refractivity (Wildman–Crippen MR) is 243 cm³/mol. The number of ether oxygens (including phenoxy) is 1. The first-order valence-corrected chi connectivity index (χ1v) is 22.0. The van der Waals surface area contributed by atoms with Crippen molar-refractivity contribution in [3.05, 3.63) is 71.8 Å². The Hall–Kier alpha value is -7.41. The van der Waals surface area contributed by atoms with Crippen LogP contribution in [0.1, 0.15) is 62.5 Å². The van der Waals surface area contributed by atoms with E-state index in [2.05, 4.69) is 49.3 Å². The van der Waals surface area contributed by atoms with Crippen LogP contribution in [-0.4, -0.2) is 141 Å². The number of amides is 6. The van der Waals surface area contributed by atoms with Gasteiger partial charge in [0.15, 0.2) is 17.8 Å². The molecule has 2 aromatic carbocycles. The van der Waals surface area contributed by atoms with Crippen LogP contribution in [0.25, 0.3) is 0 Å². The molecule has 24 nitrogen and oxygen atoms in total. The van der Waals surface area contributed by atoms with E-state index < -0.39 is 152 Å². The second-order valence-electron chi connectivity index (χ2n) is 15.6. The lowest BCUT2D eigenvalue weighted by Crippen LogP contribution is -2.53. The second-order valence-corrected chi connectivity index (χ2v) is 15.9. The Labute approximate surface area is 400 Å². The molecule has 0 spiro atoms. The molecule has 6 amide bonds. The number of rotatable bonds is 34. The summed E-state index contributed by atoms with van der Waals surface area (Å²) in [5.74, 6) is -12.7. The lowest BCUT2D eigenvalue weighted by Gasteiger charge is -2.23. The lowest BCUT2D eigenvalue weighted by atomic mass is 9.89. The normalized spacial score (nSPS) is 13.8. The molecule has 0 aliphatic carbocycles.